The number of methoxy groups -OCH3 is 1. The maximum Gasteiger partial charge on any atom is 0.265 e. The molecule has 1 atom stereocenters. The van der Waals surface area contributed by atoms with Gasteiger partial charge in [0.1, 0.15) is 12.7 Å². The molecular formula is C7H12O4S. The molecule has 4 nitrogen and oxygen atoms in total. The van der Waals surface area contributed by atoms with Gasteiger partial charge in [-0.2, -0.15) is 8.42 Å². The first kappa shape index (κ1) is 11.4. The van der Waals surface area contributed by atoms with Crippen molar-refractivity contribution < 1.29 is 17.3 Å². The predicted octanol–water partition coefficient (Wildman–Crippen LogP) is 0.000900. The Morgan fingerprint density at radius 1 is 1.50 bits per heavy atom. The molecule has 0 rings (SSSR count). The minimum atomic E-state index is -3.40. The molecule has 0 radical (unpaired) electrons. The van der Waals surface area contributed by atoms with Crippen LogP contribution < -0.4 is 0 Å². The molecule has 0 aromatic rings. The molecule has 70 valence electrons. The Labute approximate surface area is 73.0 Å². The van der Waals surface area contributed by atoms with E-state index in [0.717, 1.165) is 6.26 Å². The van der Waals surface area contributed by atoms with Gasteiger partial charge in [0, 0.05) is 7.11 Å². The first-order valence-electron chi connectivity index (χ1n) is 3.31. The molecule has 0 bridgehead atoms. The van der Waals surface area contributed by atoms with E-state index in [1.165, 1.54) is 7.11 Å². The highest BCUT2D eigenvalue weighted by atomic mass is 32.2. The Balaban J connectivity index is 3.92. The third-order valence-corrected chi connectivity index (χ3v) is 1.48. The monoisotopic (exact) mass is 192 g/mol. The van der Waals surface area contributed by atoms with Crippen LogP contribution in [0.25, 0.3) is 0 Å². The molecule has 1 unspecified atom stereocenters. The topological polar surface area (TPSA) is 52.6 Å². The Hall–Kier alpha value is -0.570. The Kier molecular flexibility index (Phi) is 4.90. The quantitative estimate of drug-likeness (QED) is 0.466. The van der Waals surface area contributed by atoms with E-state index in [1.807, 2.05) is 0 Å². The number of hydrogen-bond donors (Lipinski definition) is 0. The van der Waals surface area contributed by atoms with Crippen molar-refractivity contribution in [3.05, 3.63) is 0 Å². The summed E-state index contributed by atoms with van der Waals surface area (Å²) in [6, 6.07) is 0. The minimum Gasteiger partial charge on any atom is -0.372 e. The van der Waals surface area contributed by atoms with Crippen molar-refractivity contribution in [3.8, 4) is 11.8 Å². The fourth-order valence-electron chi connectivity index (χ4n) is 0.544. The van der Waals surface area contributed by atoms with Crippen LogP contribution in [0, 0.1) is 11.8 Å². The largest absolute Gasteiger partial charge is 0.372 e. The molecule has 0 saturated heterocycles. The molecule has 0 aliphatic heterocycles. The summed E-state index contributed by atoms with van der Waals surface area (Å²) in [6.45, 7) is 1.83. The third kappa shape index (κ3) is 7.54. The summed E-state index contributed by atoms with van der Waals surface area (Å²) in [7, 11) is -1.89. The van der Waals surface area contributed by atoms with Crippen LogP contribution in [0.15, 0.2) is 0 Å². The van der Waals surface area contributed by atoms with Crippen molar-refractivity contribution in [2.24, 2.45) is 0 Å². The summed E-state index contributed by atoms with van der Waals surface area (Å²) in [5, 5.41) is 0. The van der Waals surface area contributed by atoms with E-state index in [1.54, 1.807) is 6.92 Å². The molecule has 0 aliphatic rings. The van der Waals surface area contributed by atoms with Crippen LogP contribution in [-0.2, 0) is 19.0 Å². The van der Waals surface area contributed by atoms with Crippen LogP contribution in [0.1, 0.15) is 6.92 Å². The van der Waals surface area contributed by atoms with Crippen LogP contribution >= 0.6 is 0 Å². The van der Waals surface area contributed by atoms with Crippen LogP contribution in [0.5, 0.6) is 0 Å². The van der Waals surface area contributed by atoms with Gasteiger partial charge in [0.05, 0.1) is 6.26 Å². The number of rotatable bonds is 3. The van der Waals surface area contributed by atoms with Crippen LogP contribution in [0.4, 0.5) is 0 Å². The summed E-state index contributed by atoms with van der Waals surface area (Å²) in [4.78, 5) is 0. The second-order valence-corrected chi connectivity index (χ2v) is 3.80. The van der Waals surface area contributed by atoms with Crippen molar-refractivity contribution in [1.82, 2.24) is 0 Å². The highest BCUT2D eigenvalue weighted by Crippen LogP contribution is 1.94. The number of hydrogen-bond acceptors (Lipinski definition) is 4. The Bertz CT molecular complexity index is 270. The van der Waals surface area contributed by atoms with Crippen LogP contribution in [-0.4, -0.2) is 34.5 Å². The molecular weight excluding hydrogens is 180 g/mol. The van der Waals surface area contributed by atoms with Gasteiger partial charge in [0.15, 0.2) is 0 Å². The lowest BCUT2D eigenvalue weighted by molar-refractivity contribution is 0.238. The molecule has 0 fully saturated rings. The van der Waals surface area contributed by atoms with E-state index >= 15 is 0 Å². The fraction of sp³-hybridized carbons (Fsp3) is 0.714. The van der Waals surface area contributed by atoms with Crippen LogP contribution in [0.2, 0.25) is 0 Å². The number of ether oxygens (including phenoxy) is 1. The Morgan fingerprint density at radius 3 is 2.50 bits per heavy atom. The van der Waals surface area contributed by atoms with E-state index < -0.39 is 16.2 Å². The standard InChI is InChI=1S/C7H12O4S/c1-7(5-4-6-10-2)11-12(3,8)9/h7H,6H2,1-3H3. The molecule has 0 aromatic heterocycles. The van der Waals surface area contributed by atoms with Gasteiger partial charge < -0.3 is 4.74 Å². The molecule has 0 heterocycles. The van der Waals surface area contributed by atoms with Crippen molar-refractivity contribution in [2.45, 2.75) is 13.0 Å². The van der Waals surface area contributed by atoms with Crippen LogP contribution in [0.3, 0.4) is 0 Å². The zero-order valence-electron chi connectivity index (χ0n) is 7.33. The lowest BCUT2D eigenvalue weighted by Gasteiger charge is -2.01. The van der Waals surface area contributed by atoms with Gasteiger partial charge in [-0.05, 0) is 6.92 Å². The summed E-state index contributed by atoms with van der Waals surface area (Å²) < 4.78 is 30.3. The van der Waals surface area contributed by atoms with E-state index in [2.05, 4.69) is 20.8 Å². The molecule has 5 heteroatoms. The molecule has 0 spiro atoms. The molecule has 0 saturated carbocycles. The lowest BCUT2D eigenvalue weighted by atomic mass is 10.4. The smallest absolute Gasteiger partial charge is 0.265 e. The summed E-state index contributed by atoms with van der Waals surface area (Å²) in [6.07, 6.45) is 0.372. The van der Waals surface area contributed by atoms with Crippen molar-refractivity contribution >= 4 is 10.1 Å². The first-order valence-corrected chi connectivity index (χ1v) is 5.13. The van der Waals surface area contributed by atoms with Gasteiger partial charge in [-0.25, -0.2) is 0 Å². The van der Waals surface area contributed by atoms with Crippen molar-refractivity contribution in [2.75, 3.05) is 20.0 Å². The third-order valence-electron chi connectivity index (χ3n) is 0.841. The second-order valence-electron chi connectivity index (χ2n) is 2.20. The molecule has 0 aliphatic carbocycles. The van der Waals surface area contributed by atoms with Gasteiger partial charge in [-0.1, -0.05) is 11.8 Å². The minimum absolute atomic E-state index is 0.275. The van der Waals surface area contributed by atoms with E-state index in [4.69, 9.17) is 0 Å². The highest BCUT2D eigenvalue weighted by molar-refractivity contribution is 7.86. The van der Waals surface area contributed by atoms with E-state index in [9.17, 15) is 8.42 Å². The zero-order chi connectivity index (χ0) is 9.61. The first-order chi connectivity index (χ1) is 5.45. The van der Waals surface area contributed by atoms with E-state index in [0.29, 0.717) is 0 Å². The molecule has 0 N–H and O–H groups in total. The van der Waals surface area contributed by atoms with Crippen molar-refractivity contribution in [3.63, 3.8) is 0 Å². The zero-order valence-corrected chi connectivity index (χ0v) is 8.14. The molecule has 0 aromatic carbocycles. The summed E-state index contributed by atoms with van der Waals surface area (Å²) in [5.74, 6) is 5.16. The SMILES string of the molecule is COCC#CC(C)OS(C)(=O)=O. The summed E-state index contributed by atoms with van der Waals surface area (Å²) in [5.41, 5.74) is 0. The lowest BCUT2D eigenvalue weighted by Crippen LogP contribution is -2.11. The fourth-order valence-corrected chi connectivity index (χ4v) is 1.12. The van der Waals surface area contributed by atoms with E-state index in [-0.39, 0.29) is 6.61 Å². The molecule has 0 amide bonds. The van der Waals surface area contributed by atoms with Crippen molar-refractivity contribution in [1.29, 1.82) is 0 Å². The van der Waals surface area contributed by atoms with Gasteiger partial charge >= 0.3 is 0 Å². The normalized spacial score (nSPS) is 13.2. The Morgan fingerprint density at radius 2 is 2.08 bits per heavy atom. The summed E-state index contributed by atoms with van der Waals surface area (Å²) >= 11 is 0. The van der Waals surface area contributed by atoms with Gasteiger partial charge in [-0.3, -0.25) is 4.18 Å². The molecule has 12 heavy (non-hydrogen) atoms. The van der Waals surface area contributed by atoms with Gasteiger partial charge in [0.2, 0.25) is 0 Å². The maximum absolute atomic E-state index is 10.6. The highest BCUT2D eigenvalue weighted by Gasteiger charge is 2.05. The average molecular weight is 192 g/mol. The van der Waals surface area contributed by atoms with Gasteiger partial charge in [-0.15, -0.1) is 0 Å². The second kappa shape index (κ2) is 5.14. The predicted molar refractivity (Wildman–Crippen MR) is 45.0 cm³/mol. The average Bonchev–Trinajstić information content (AvgIpc) is 1.84. The van der Waals surface area contributed by atoms with Gasteiger partial charge in [0.25, 0.3) is 10.1 Å². The maximum atomic E-state index is 10.6.